The molecule has 0 saturated carbocycles. The number of nitrogens with zero attached hydrogens (tertiary/aromatic N) is 1. The molecule has 0 spiro atoms. The SMILES string of the molecule is [O-][n+]1cc(Cl)c(CCl)c(Cl)c1. The van der Waals surface area contributed by atoms with Gasteiger partial charge in [-0.25, -0.2) is 0 Å². The number of aromatic nitrogens is 1. The summed E-state index contributed by atoms with van der Waals surface area (Å²) in [6.45, 7) is 0. The van der Waals surface area contributed by atoms with E-state index in [9.17, 15) is 5.21 Å². The van der Waals surface area contributed by atoms with Gasteiger partial charge in [0.05, 0.1) is 5.88 Å². The summed E-state index contributed by atoms with van der Waals surface area (Å²) in [5.74, 6) is 0.207. The summed E-state index contributed by atoms with van der Waals surface area (Å²) in [4.78, 5) is 0. The summed E-state index contributed by atoms with van der Waals surface area (Å²) in [6.07, 6.45) is 2.43. The highest BCUT2D eigenvalue weighted by atomic mass is 35.5. The van der Waals surface area contributed by atoms with Crippen LogP contribution in [0.5, 0.6) is 0 Å². The topological polar surface area (TPSA) is 26.9 Å². The van der Waals surface area contributed by atoms with Crippen molar-refractivity contribution >= 4 is 34.8 Å². The van der Waals surface area contributed by atoms with Crippen LogP contribution in [0.2, 0.25) is 10.0 Å². The minimum absolute atomic E-state index is 0.207. The zero-order valence-electron chi connectivity index (χ0n) is 5.35. The van der Waals surface area contributed by atoms with E-state index < -0.39 is 0 Å². The predicted molar refractivity (Wildman–Crippen MR) is 45.0 cm³/mol. The van der Waals surface area contributed by atoms with Crippen LogP contribution in [-0.4, -0.2) is 0 Å². The van der Waals surface area contributed by atoms with E-state index in [2.05, 4.69) is 0 Å². The third kappa shape index (κ3) is 1.89. The Hall–Kier alpha value is -0.180. The summed E-state index contributed by atoms with van der Waals surface area (Å²) < 4.78 is 0.542. The molecule has 0 aliphatic rings. The number of pyridine rings is 1. The number of halogens is 3. The first-order valence-corrected chi connectivity index (χ1v) is 4.07. The molecule has 11 heavy (non-hydrogen) atoms. The molecule has 0 aliphatic heterocycles. The number of hydrogen-bond acceptors (Lipinski definition) is 1. The molecule has 0 atom stereocenters. The lowest BCUT2D eigenvalue weighted by atomic mass is 10.3. The van der Waals surface area contributed by atoms with Gasteiger partial charge >= 0.3 is 0 Å². The number of hydrogen-bond donors (Lipinski definition) is 0. The van der Waals surface area contributed by atoms with Crippen molar-refractivity contribution < 1.29 is 4.73 Å². The van der Waals surface area contributed by atoms with E-state index in [1.807, 2.05) is 0 Å². The maximum Gasteiger partial charge on any atom is 0.199 e. The van der Waals surface area contributed by atoms with Crippen molar-refractivity contribution in [3.63, 3.8) is 0 Å². The van der Waals surface area contributed by atoms with Crippen LogP contribution in [0.1, 0.15) is 5.56 Å². The van der Waals surface area contributed by atoms with Gasteiger partial charge in [-0.1, -0.05) is 23.2 Å². The second-order valence-electron chi connectivity index (χ2n) is 1.93. The fourth-order valence-electron chi connectivity index (χ4n) is 0.658. The van der Waals surface area contributed by atoms with Crippen LogP contribution >= 0.6 is 34.8 Å². The fourth-order valence-corrected chi connectivity index (χ4v) is 1.66. The Morgan fingerprint density at radius 2 is 1.73 bits per heavy atom. The molecule has 0 fully saturated rings. The van der Waals surface area contributed by atoms with Crippen molar-refractivity contribution in [2.24, 2.45) is 0 Å². The molecule has 1 aromatic heterocycles. The fraction of sp³-hybridized carbons (Fsp3) is 0.167. The van der Waals surface area contributed by atoms with Crippen molar-refractivity contribution in [3.8, 4) is 0 Å². The van der Waals surface area contributed by atoms with E-state index >= 15 is 0 Å². The standard InChI is InChI=1S/C6H4Cl3NO/c7-1-4-5(8)2-10(11)3-6(4)9/h2-3H,1H2. The number of rotatable bonds is 1. The van der Waals surface area contributed by atoms with Gasteiger partial charge in [0.15, 0.2) is 12.4 Å². The summed E-state index contributed by atoms with van der Waals surface area (Å²) in [5, 5.41) is 11.3. The van der Waals surface area contributed by atoms with Crippen molar-refractivity contribution in [2.75, 3.05) is 0 Å². The summed E-state index contributed by atoms with van der Waals surface area (Å²) in [6, 6.07) is 0. The lowest BCUT2D eigenvalue weighted by Crippen LogP contribution is -2.25. The molecular weight excluding hydrogens is 208 g/mol. The highest BCUT2D eigenvalue weighted by Crippen LogP contribution is 2.23. The summed E-state index contributed by atoms with van der Waals surface area (Å²) in [7, 11) is 0. The van der Waals surface area contributed by atoms with E-state index in [-0.39, 0.29) is 5.88 Å². The van der Waals surface area contributed by atoms with Crippen LogP contribution in [0.3, 0.4) is 0 Å². The molecule has 1 rings (SSSR count). The Labute approximate surface area is 78.9 Å². The molecule has 5 heteroatoms. The molecular formula is C6H4Cl3NO. The Morgan fingerprint density at radius 1 is 1.27 bits per heavy atom. The van der Waals surface area contributed by atoms with Gasteiger partial charge in [0.2, 0.25) is 0 Å². The van der Waals surface area contributed by atoms with Gasteiger partial charge in [-0.2, -0.15) is 4.73 Å². The second kappa shape index (κ2) is 3.48. The largest absolute Gasteiger partial charge is 0.619 e. The third-order valence-electron chi connectivity index (χ3n) is 1.19. The quantitative estimate of drug-likeness (QED) is 0.399. The summed E-state index contributed by atoms with van der Waals surface area (Å²) >= 11 is 16.8. The molecule has 0 amide bonds. The predicted octanol–water partition coefficient (Wildman–Crippen LogP) is 2.37. The zero-order chi connectivity index (χ0) is 8.43. The monoisotopic (exact) mass is 211 g/mol. The zero-order valence-corrected chi connectivity index (χ0v) is 7.62. The van der Waals surface area contributed by atoms with Crippen molar-refractivity contribution in [1.29, 1.82) is 0 Å². The molecule has 2 nitrogen and oxygen atoms in total. The van der Waals surface area contributed by atoms with Crippen LogP contribution in [0.15, 0.2) is 12.4 Å². The van der Waals surface area contributed by atoms with Crippen LogP contribution in [-0.2, 0) is 5.88 Å². The van der Waals surface area contributed by atoms with Gasteiger partial charge in [-0.05, 0) is 0 Å². The Kier molecular flexibility index (Phi) is 2.82. The van der Waals surface area contributed by atoms with Crippen LogP contribution in [0, 0.1) is 5.21 Å². The first-order valence-electron chi connectivity index (χ1n) is 2.78. The molecule has 0 aromatic carbocycles. The molecule has 0 aliphatic carbocycles. The van der Waals surface area contributed by atoms with E-state index in [1.165, 1.54) is 12.4 Å². The van der Waals surface area contributed by atoms with Crippen molar-refractivity contribution in [1.82, 2.24) is 0 Å². The highest BCUT2D eigenvalue weighted by Gasteiger charge is 2.08. The molecule has 0 unspecified atom stereocenters. The molecule has 0 N–H and O–H groups in total. The lowest BCUT2D eigenvalue weighted by molar-refractivity contribution is -0.605. The average molecular weight is 212 g/mol. The molecule has 60 valence electrons. The second-order valence-corrected chi connectivity index (χ2v) is 3.01. The van der Waals surface area contributed by atoms with Crippen LogP contribution in [0.25, 0.3) is 0 Å². The first-order chi connectivity index (χ1) is 5.15. The van der Waals surface area contributed by atoms with Gasteiger partial charge in [0.1, 0.15) is 10.0 Å². The Bertz CT molecular complexity index is 254. The molecule has 0 saturated heterocycles. The van der Waals surface area contributed by atoms with Crippen LogP contribution < -0.4 is 4.73 Å². The van der Waals surface area contributed by atoms with Gasteiger partial charge in [-0.3, -0.25) is 0 Å². The van der Waals surface area contributed by atoms with E-state index in [4.69, 9.17) is 34.8 Å². The molecule has 0 bridgehead atoms. The Balaban J connectivity index is 3.25. The molecule has 1 aromatic rings. The minimum atomic E-state index is 0.207. The van der Waals surface area contributed by atoms with Crippen molar-refractivity contribution in [3.05, 3.63) is 33.2 Å². The van der Waals surface area contributed by atoms with Crippen molar-refractivity contribution in [2.45, 2.75) is 5.88 Å². The van der Waals surface area contributed by atoms with Gasteiger partial charge in [0.25, 0.3) is 0 Å². The number of alkyl halides is 1. The highest BCUT2D eigenvalue weighted by molar-refractivity contribution is 6.36. The average Bonchev–Trinajstić information content (AvgIpc) is 1.85. The lowest BCUT2D eigenvalue weighted by Gasteiger charge is -2.01. The molecule has 0 radical (unpaired) electrons. The maximum absolute atomic E-state index is 10.7. The minimum Gasteiger partial charge on any atom is -0.619 e. The molecule has 1 heterocycles. The summed E-state index contributed by atoms with van der Waals surface area (Å²) in [5.41, 5.74) is 0.585. The smallest absolute Gasteiger partial charge is 0.199 e. The Morgan fingerprint density at radius 3 is 2.09 bits per heavy atom. The van der Waals surface area contributed by atoms with Gasteiger partial charge in [-0.15, -0.1) is 11.6 Å². The van der Waals surface area contributed by atoms with Crippen LogP contribution in [0.4, 0.5) is 0 Å². The third-order valence-corrected chi connectivity index (χ3v) is 2.11. The van der Waals surface area contributed by atoms with E-state index in [0.29, 0.717) is 20.3 Å². The van der Waals surface area contributed by atoms with Gasteiger partial charge in [0, 0.05) is 5.56 Å². The first kappa shape index (κ1) is 8.91. The normalized spacial score (nSPS) is 10.1. The maximum atomic E-state index is 10.7. The van der Waals surface area contributed by atoms with E-state index in [1.54, 1.807) is 0 Å². The van der Waals surface area contributed by atoms with E-state index in [0.717, 1.165) is 0 Å². The van der Waals surface area contributed by atoms with Gasteiger partial charge < -0.3 is 5.21 Å².